The molecule has 0 saturated carbocycles. The number of rotatable bonds is 6. The zero-order valence-corrected chi connectivity index (χ0v) is 14.3. The number of thiophene rings is 1. The summed E-state index contributed by atoms with van der Waals surface area (Å²) >= 11 is 3.57. The Kier molecular flexibility index (Phi) is 5.15. The first kappa shape index (κ1) is 15.9. The molecule has 5 heteroatoms. The van der Waals surface area contributed by atoms with Gasteiger partial charge in [-0.25, -0.2) is 0 Å². The van der Waals surface area contributed by atoms with Crippen LogP contribution in [0.5, 0.6) is 0 Å². The number of amides is 1. The van der Waals surface area contributed by atoms with Crippen molar-refractivity contribution in [2.24, 2.45) is 0 Å². The lowest BCUT2D eigenvalue weighted by molar-refractivity contribution is -0.133. The molecular formula is C15H24N2OS2. The monoisotopic (exact) mass is 312 g/mol. The number of hydrogen-bond acceptors (Lipinski definition) is 4. The van der Waals surface area contributed by atoms with Gasteiger partial charge in [-0.05, 0) is 37.5 Å². The minimum atomic E-state index is -0.419. The predicted molar refractivity (Wildman–Crippen MR) is 88.2 cm³/mol. The fraction of sp³-hybridized carbons (Fsp3) is 0.667. The molecule has 1 aliphatic rings. The van der Waals surface area contributed by atoms with Crippen molar-refractivity contribution in [2.75, 3.05) is 12.8 Å². The molecule has 1 fully saturated rings. The summed E-state index contributed by atoms with van der Waals surface area (Å²) in [5, 5.41) is 6.20. The average Bonchev–Trinajstić information content (AvgIpc) is 3.06. The normalized spacial score (nSPS) is 28.1. The Morgan fingerprint density at radius 1 is 1.60 bits per heavy atom. The summed E-state index contributed by atoms with van der Waals surface area (Å²) in [4.78, 5) is 16.0. The van der Waals surface area contributed by atoms with Crippen molar-refractivity contribution >= 4 is 29.0 Å². The molecule has 3 atom stereocenters. The van der Waals surface area contributed by atoms with E-state index >= 15 is 0 Å². The minimum Gasteiger partial charge on any atom is -0.320 e. The molecule has 2 rings (SSSR count). The van der Waals surface area contributed by atoms with Crippen LogP contribution in [0.15, 0.2) is 17.5 Å². The molecular weight excluding hydrogens is 288 g/mol. The SMILES string of the molecule is CCC1(C)NC(c2cccs2)N(CCC(C)SC)C1=O. The van der Waals surface area contributed by atoms with Gasteiger partial charge in [0.25, 0.3) is 0 Å². The summed E-state index contributed by atoms with van der Waals surface area (Å²) in [5.74, 6) is 0.242. The summed E-state index contributed by atoms with van der Waals surface area (Å²) in [7, 11) is 0. The molecule has 1 aromatic heterocycles. The van der Waals surface area contributed by atoms with Gasteiger partial charge in [-0.2, -0.15) is 11.8 Å². The van der Waals surface area contributed by atoms with E-state index in [4.69, 9.17) is 0 Å². The van der Waals surface area contributed by atoms with E-state index < -0.39 is 5.54 Å². The molecule has 1 amide bonds. The smallest absolute Gasteiger partial charge is 0.244 e. The predicted octanol–water partition coefficient (Wildman–Crippen LogP) is 3.49. The van der Waals surface area contributed by atoms with E-state index in [1.165, 1.54) is 4.88 Å². The van der Waals surface area contributed by atoms with Gasteiger partial charge < -0.3 is 4.90 Å². The van der Waals surface area contributed by atoms with Gasteiger partial charge in [0.2, 0.25) is 5.91 Å². The van der Waals surface area contributed by atoms with E-state index in [0.717, 1.165) is 19.4 Å². The Morgan fingerprint density at radius 3 is 2.90 bits per heavy atom. The second kappa shape index (κ2) is 6.50. The fourth-order valence-corrected chi connectivity index (χ4v) is 3.60. The molecule has 1 N–H and O–H groups in total. The highest BCUT2D eigenvalue weighted by molar-refractivity contribution is 7.99. The lowest BCUT2D eigenvalue weighted by Crippen LogP contribution is -2.43. The summed E-state index contributed by atoms with van der Waals surface area (Å²) in [6, 6.07) is 4.17. The van der Waals surface area contributed by atoms with Gasteiger partial charge in [0.15, 0.2) is 0 Å². The van der Waals surface area contributed by atoms with Crippen molar-refractivity contribution < 1.29 is 4.79 Å². The van der Waals surface area contributed by atoms with Gasteiger partial charge in [0.1, 0.15) is 6.17 Å². The quantitative estimate of drug-likeness (QED) is 0.872. The molecule has 0 bridgehead atoms. The Bertz CT molecular complexity index is 449. The Labute approximate surface area is 130 Å². The summed E-state index contributed by atoms with van der Waals surface area (Å²) in [5.41, 5.74) is -0.419. The molecule has 0 aromatic carbocycles. The average molecular weight is 313 g/mol. The van der Waals surface area contributed by atoms with Gasteiger partial charge in [-0.3, -0.25) is 10.1 Å². The molecule has 2 heterocycles. The number of hydrogen-bond donors (Lipinski definition) is 1. The van der Waals surface area contributed by atoms with Crippen LogP contribution in [0.25, 0.3) is 0 Å². The first-order chi connectivity index (χ1) is 9.51. The van der Waals surface area contributed by atoms with E-state index in [9.17, 15) is 4.79 Å². The van der Waals surface area contributed by atoms with Crippen LogP contribution in [0.3, 0.4) is 0 Å². The Hall–Kier alpha value is -0.520. The van der Waals surface area contributed by atoms with E-state index in [1.54, 1.807) is 11.3 Å². The third-order valence-corrected chi connectivity index (χ3v) is 6.16. The van der Waals surface area contributed by atoms with Gasteiger partial charge in [0, 0.05) is 16.7 Å². The maximum absolute atomic E-state index is 12.7. The van der Waals surface area contributed by atoms with Crippen LogP contribution in [-0.2, 0) is 4.79 Å². The topological polar surface area (TPSA) is 32.3 Å². The van der Waals surface area contributed by atoms with Crippen LogP contribution in [0.4, 0.5) is 0 Å². The molecule has 1 saturated heterocycles. The van der Waals surface area contributed by atoms with Gasteiger partial charge in [-0.15, -0.1) is 11.3 Å². The van der Waals surface area contributed by atoms with E-state index in [0.29, 0.717) is 5.25 Å². The first-order valence-corrected chi connectivity index (χ1v) is 9.33. The third-order valence-electron chi connectivity index (χ3n) is 4.20. The third kappa shape index (κ3) is 3.05. The Balaban J connectivity index is 2.17. The zero-order valence-electron chi connectivity index (χ0n) is 12.7. The molecule has 3 nitrogen and oxygen atoms in total. The Morgan fingerprint density at radius 2 is 2.35 bits per heavy atom. The van der Waals surface area contributed by atoms with Gasteiger partial charge in [-0.1, -0.05) is 19.9 Å². The highest BCUT2D eigenvalue weighted by Gasteiger charge is 2.47. The van der Waals surface area contributed by atoms with Crippen LogP contribution >= 0.6 is 23.1 Å². The zero-order chi connectivity index (χ0) is 14.8. The maximum atomic E-state index is 12.7. The standard InChI is InChI=1S/C15H24N2OS2/c1-5-15(3)14(18)17(9-8-11(2)19-4)13(16-15)12-7-6-10-20-12/h6-7,10-11,13,16H,5,8-9H2,1-4H3. The lowest BCUT2D eigenvalue weighted by atomic mass is 9.99. The van der Waals surface area contributed by atoms with Crippen LogP contribution in [0.1, 0.15) is 44.7 Å². The van der Waals surface area contributed by atoms with Crippen molar-refractivity contribution in [1.29, 1.82) is 0 Å². The van der Waals surface area contributed by atoms with Crippen molar-refractivity contribution in [3.8, 4) is 0 Å². The van der Waals surface area contributed by atoms with E-state index in [-0.39, 0.29) is 12.1 Å². The van der Waals surface area contributed by atoms with Gasteiger partial charge >= 0.3 is 0 Å². The molecule has 0 spiro atoms. The lowest BCUT2D eigenvalue weighted by Gasteiger charge is -2.24. The second-order valence-corrected chi connectivity index (χ2v) is 7.84. The van der Waals surface area contributed by atoms with Crippen LogP contribution < -0.4 is 5.32 Å². The molecule has 20 heavy (non-hydrogen) atoms. The van der Waals surface area contributed by atoms with Gasteiger partial charge in [0.05, 0.1) is 5.54 Å². The number of thioether (sulfide) groups is 1. The highest BCUT2D eigenvalue weighted by Crippen LogP contribution is 2.34. The van der Waals surface area contributed by atoms with Crippen molar-refractivity contribution in [3.05, 3.63) is 22.4 Å². The molecule has 112 valence electrons. The molecule has 0 radical (unpaired) electrons. The molecule has 1 aromatic rings. The highest BCUT2D eigenvalue weighted by atomic mass is 32.2. The van der Waals surface area contributed by atoms with Crippen LogP contribution in [0.2, 0.25) is 0 Å². The summed E-state index contributed by atoms with van der Waals surface area (Å²) in [6.45, 7) is 7.14. The second-order valence-electron chi connectivity index (χ2n) is 5.58. The van der Waals surface area contributed by atoms with Crippen molar-refractivity contribution in [1.82, 2.24) is 10.2 Å². The number of nitrogens with one attached hydrogen (secondary N) is 1. The molecule has 0 aliphatic carbocycles. The number of nitrogens with zero attached hydrogens (tertiary/aromatic N) is 1. The summed E-state index contributed by atoms with van der Waals surface area (Å²) < 4.78 is 0. The van der Waals surface area contributed by atoms with E-state index in [2.05, 4.69) is 42.9 Å². The number of carbonyl (C=O) groups excluding carboxylic acids is 1. The number of carbonyl (C=O) groups is 1. The fourth-order valence-electron chi connectivity index (χ4n) is 2.47. The van der Waals surface area contributed by atoms with Crippen LogP contribution in [0, 0.1) is 0 Å². The maximum Gasteiger partial charge on any atom is 0.244 e. The minimum absolute atomic E-state index is 0.0431. The van der Waals surface area contributed by atoms with Crippen LogP contribution in [-0.4, -0.2) is 34.4 Å². The van der Waals surface area contributed by atoms with E-state index in [1.807, 2.05) is 23.6 Å². The first-order valence-electron chi connectivity index (χ1n) is 7.16. The largest absolute Gasteiger partial charge is 0.320 e. The molecule has 1 aliphatic heterocycles. The molecule has 3 unspecified atom stereocenters. The summed E-state index contributed by atoms with van der Waals surface area (Å²) in [6.07, 6.45) is 4.03. The van der Waals surface area contributed by atoms with Crippen molar-refractivity contribution in [3.63, 3.8) is 0 Å². The van der Waals surface area contributed by atoms with Crippen molar-refractivity contribution in [2.45, 2.75) is 50.6 Å².